The molecule has 0 amide bonds. The van der Waals surface area contributed by atoms with Gasteiger partial charge in [0.1, 0.15) is 0 Å². The van der Waals surface area contributed by atoms with Gasteiger partial charge < -0.3 is 10.4 Å². The van der Waals surface area contributed by atoms with E-state index in [9.17, 15) is 4.79 Å². The van der Waals surface area contributed by atoms with Gasteiger partial charge in [-0.15, -0.1) is 0 Å². The van der Waals surface area contributed by atoms with Crippen LogP contribution in [0.1, 0.15) is 18.4 Å². The number of hydrogen-bond acceptors (Lipinski definition) is 3. The van der Waals surface area contributed by atoms with E-state index >= 15 is 0 Å². The lowest BCUT2D eigenvalue weighted by Gasteiger charge is -2.00. The smallest absolute Gasteiger partial charge is 0.303 e. The van der Waals surface area contributed by atoms with Crippen LogP contribution in [0.5, 0.6) is 0 Å². The molecule has 2 N–H and O–H groups in total. The zero-order valence-corrected chi connectivity index (χ0v) is 8.23. The quantitative estimate of drug-likeness (QED) is 0.647. The molecule has 1 heterocycles. The molecular formula is C9H15N3O2. The Bertz CT molecular complexity index is 296. The second-order valence-corrected chi connectivity index (χ2v) is 3.20. The van der Waals surface area contributed by atoms with Gasteiger partial charge >= 0.3 is 5.97 Å². The van der Waals surface area contributed by atoms with Crippen molar-refractivity contribution in [3.05, 3.63) is 18.0 Å². The second kappa shape index (κ2) is 5.39. The van der Waals surface area contributed by atoms with E-state index in [1.807, 2.05) is 13.2 Å². The SMILES string of the molecule is Cn1cc(CNCCCC(=O)O)cn1. The monoisotopic (exact) mass is 197 g/mol. The standard InChI is InChI=1S/C9H15N3O2/c1-12-7-8(6-11-12)5-10-4-2-3-9(13)14/h6-7,10H,2-5H2,1H3,(H,13,14). The minimum absolute atomic E-state index is 0.222. The van der Waals surface area contributed by atoms with Crippen molar-refractivity contribution in [2.45, 2.75) is 19.4 Å². The van der Waals surface area contributed by atoms with Crippen molar-refractivity contribution in [1.82, 2.24) is 15.1 Å². The lowest BCUT2D eigenvalue weighted by atomic mass is 10.3. The highest BCUT2D eigenvalue weighted by Gasteiger charge is 1.97. The third kappa shape index (κ3) is 4.04. The summed E-state index contributed by atoms with van der Waals surface area (Å²) in [6, 6.07) is 0. The largest absolute Gasteiger partial charge is 0.481 e. The van der Waals surface area contributed by atoms with E-state index in [1.54, 1.807) is 10.9 Å². The van der Waals surface area contributed by atoms with Crippen LogP contribution in [-0.2, 0) is 18.4 Å². The zero-order chi connectivity index (χ0) is 10.4. The number of rotatable bonds is 6. The molecule has 0 fully saturated rings. The Balaban J connectivity index is 2.07. The Kier molecular flexibility index (Phi) is 4.12. The average molecular weight is 197 g/mol. The summed E-state index contributed by atoms with van der Waals surface area (Å²) in [4.78, 5) is 10.2. The first-order chi connectivity index (χ1) is 6.68. The average Bonchev–Trinajstić information content (AvgIpc) is 2.50. The molecule has 1 aromatic heterocycles. The van der Waals surface area contributed by atoms with Crippen LogP contribution in [0.3, 0.4) is 0 Å². The molecule has 0 aromatic carbocycles. The van der Waals surface area contributed by atoms with Gasteiger partial charge in [0.2, 0.25) is 0 Å². The highest BCUT2D eigenvalue weighted by molar-refractivity contribution is 5.66. The van der Waals surface area contributed by atoms with E-state index < -0.39 is 5.97 Å². The van der Waals surface area contributed by atoms with E-state index in [-0.39, 0.29) is 6.42 Å². The summed E-state index contributed by atoms with van der Waals surface area (Å²) < 4.78 is 1.74. The van der Waals surface area contributed by atoms with Crippen molar-refractivity contribution < 1.29 is 9.90 Å². The van der Waals surface area contributed by atoms with Gasteiger partial charge in [-0.3, -0.25) is 9.48 Å². The van der Waals surface area contributed by atoms with E-state index in [2.05, 4.69) is 10.4 Å². The fourth-order valence-electron chi connectivity index (χ4n) is 1.16. The molecule has 0 unspecified atom stereocenters. The highest BCUT2D eigenvalue weighted by atomic mass is 16.4. The third-order valence-corrected chi connectivity index (χ3v) is 1.83. The molecule has 0 aliphatic carbocycles. The van der Waals surface area contributed by atoms with Gasteiger partial charge in [-0.05, 0) is 13.0 Å². The lowest BCUT2D eigenvalue weighted by molar-refractivity contribution is -0.137. The molecule has 1 aromatic rings. The van der Waals surface area contributed by atoms with Crippen molar-refractivity contribution in [3.8, 4) is 0 Å². The number of aliphatic carboxylic acids is 1. The predicted molar refractivity (Wildman–Crippen MR) is 51.8 cm³/mol. The maximum atomic E-state index is 10.2. The number of aryl methyl sites for hydroxylation is 1. The number of carbonyl (C=O) groups is 1. The molecule has 0 atom stereocenters. The first-order valence-corrected chi connectivity index (χ1v) is 4.58. The summed E-state index contributed by atoms with van der Waals surface area (Å²) in [6.45, 7) is 1.47. The molecule has 5 nitrogen and oxygen atoms in total. The molecule has 0 spiro atoms. The second-order valence-electron chi connectivity index (χ2n) is 3.20. The van der Waals surface area contributed by atoms with Crippen molar-refractivity contribution >= 4 is 5.97 Å². The number of nitrogens with one attached hydrogen (secondary N) is 1. The molecule has 0 aliphatic rings. The van der Waals surface area contributed by atoms with Crippen LogP contribution in [0, 0.1) is 0 Å². The van der Waals surface area contributed by atoms with Crippen molar-refractivity contribution in [2.75, 3.05) is 6.54 Å². The number of nitrogens with zero attached hydrogens (tertiary/aromatic N) is 2. The molecule has 78 valence electrons. The Labute approximate surface area is 82.7 Å². The minimum atomic E-state index is -0.742. The molecule has 5 heteroatoms. The van der Waals surface area contributed by atoms with Crippen LogP contribution >= 0.6 is 0 Å². The van der Waals surface area contributed by atoms with Gasteiger partial charge in [-0.1, -0.05) is 0 Å². The molecule has 1 rings (SSSR count). The third-order valence-electron chi connectivity index (χ3n) is 1.83. The summed E-state index contributed by atoms with van der Waals surface area (Å²) in [7, 11) is 1.87. The van der Waals surface area contributed by atoms with Crippen molar-refractivity contribution in [3.63, 3.8) is 0 Å². The maximum Gasteiger partial charge on any atom is 0.303 e. The lowest BCUT2D eigenvalue weighted by Crippen LogP contribution is -2.15. The summed E-state index contributed by atoms with van der Waals surface area (Å²) in [5, 5.41) is 15.6. The summed E-state index contributed by atoms with van der Waals surface area (Å²) >= 11 is 0. The Morgan fingerprint density at radius 1 is 1.71 bits per heavy atom. The first kappa shape index (κ1) is 10.7. The van der Waals surface area contributed by atoms with Crippen LogP contribution in [0.25, 0.3) is 0 Å². The fourth-order valence-corrected chi connectivity index (χ4v) is 1.16. The topological polar surface area (TPSA) is 67.2 Å². The molecular weight excluding hydrogens is 182 g/mol. The summed E-state index contributed by atoms with van der Waals surface area (Å²) in [6.07, 6.45) is 4.62. The Morgan fingerprint density at radius 3 is 3.07 bits per heavy atom. The summed E-state index contributed by atoms with van der Waals surface area (Å²) in [5.74, 6) is -0.742. The van der Waals surface area contributed by atoms with Crippen LogP contribution in [-0.4, -0.2) is 27.4 Å². The van der Waals surface area contributed by atoms with Gasteiger partial charge in [0.25, 0.3) is 0 Å². The number of aromatic nitrogens is 2. The zero-order valence-electron chi connectivity index (χ0n) is 8.23. The fraction of sp³-hybridized carbons (Fsp3) is 0.556. The van der Waals surface area contributed by atoms with Gasteiger partial charge in [0, 0.05) is 31.8 Å². The maximum absolute atomic E-state index is 10.2. The van der Waals surface area contributed by atoms with Crippen LogP contribution in [0.15, 0.2) is 12.4 Å². The van der Waals surface area contributed by atoms with Crippen LogP contribution in [0.4, 0.5) is 0 Å². The predicted octanol–water partition coefficient (Wildman–Crippen LogP) is 0.374. The van der Waals surface area contributed by atoms with Gasteiger partial charge in [0.05, 0.1) is 6.20 Å². The van der Waals surface area contributed by atoms with Crippen molar-refractivity contribution in [2.24, 2.45) is 7.05 Å². The molecule has 0 saturated carbocycles. The Morgan fingerprint density at radius 2 is 2.50 bits per heavy atom. The van der Waals surface area contributed by atoms with Crippen LogP contribution < -0.4 is 5.32 Å². The first-order valence-electron chi connectivity index (χ1n) is 4.58. The van der Waals surface area contributed by atoms with Gasteiger partial charge in [0.15, 0.2) is 0 Å². The van der Waals surface area contributed by atoms with Gasteiger partial charge in [-0.25, -0.2) is 0 Å². The van der Waals surface area contributed by atoms with Crippen LogP contribution in [0.2, 0.25) is 0 Å². The van der Waals surface area contributed by atoms with E-state index in [1.165, 1.54) is 0 Å². The number of carboxylic acids is 1. The van der Waals surface area contributed by atoms with Crippen molar-refractivity contribution in [1.29, 1.82) is 0 Å². The molecule has 0 aliphatic heterocycles. The molecule has 0 radical (unpaired) electrons. The Hall–Kier alpha value is -1.36. The van der Waals surface area contributed by atoms with E-state index in [4.69, 9.17) is 5.11 Å². The molecule has 14 heavy (non-hydrogen) atoms. The minimum Gasteiger partial charge on any atom is -0.481 e. The van der Waals surface area contributed by atoms with E-state index in [0.29, 0.717) is 6.42 Å². The van der Waals surface area contributed by atoms with E-state index in [0.717, 1.165) is 18.7 Å². The highest BCUT2D eigenvalue weighted by Crippen LogP contribution is 1.95. The number of hydrogen-bond donors (Lipinski definition) is 2. The number of carboxylic acid groups (broad SMARTS) is 1. The molecule has 0 bridgehead atoms. The van der Waals surface area contributed by atoms with Gasteiger partial charge in [-0.2, -0.15) is 5.10 Å². The summed E-state index contributed by atoms with van der Waals surface area (Å²) in [5.41, 5.74) is 1.11. The normalized spacial score (nSPS) is 10.4. The molecule has 0 saturated heterocycles.